The van der Waals surface area contributed by atoms with Gasteiger partial charge in [0, 0.05) is 26.3 Å². The van der Waals surface area contributed by atoms with E-state index >= 15 is 0 Å². The number of nitrogens with one attached hydrogen (secondary N) is 2. The molecule has 0 unspecified atom stereocenters. The van der Waals surface area contributed by atoms with Crippen LogP contribution in [0.25, 0.3) is 0 Å². The van der Waals surface area contributed by atoms with Crippen molar-refractivity contribution < 1.29 is 9.47 Å². The van der Waals surface area contributed by atoms with Crippen LogP contribution >= 0.6 is 24.0 Å². The summed E-state index contributed by atoms with van der Waals surface area (Å²) in [4.78, 5) is 8.56. The lowest BCUT2D eigenvalue weighted by Gasteiger charge is -2.13. The van der Waals surface area contributed by atoms with Gasteiger partial charge in [0.2, 0.25) is 0 Å². The predicted molar refractivity (Wildman–Crippen MR) is 130 cm³/mol. The molecular formula is C23H27IN4O2. The molecule has 0 atom stereocenters. The van der Waals surface area contributed by atoms with Crippen LogP contribution in [-0.2, 0) is 19.7 Å². The van der Waals surface area contributed by atoms with E-state index in [0.717, 1.165) is 34.3 Å². The molecule has 0 fully saturated rings. The monoisotopic (exact) mass is 518 g/mol. The van der Waals surface area contributed by atoms with Crippen molar-refractivity contribution >= 4 is 29.9 Å². The van der Waals surface area contributed by atoms with Crippen molar-refractivity contribution in [2.75, 3.05) is 14.2 Å². The second-order valence-corrected chi connectivity index (χ2v) is 6.39. The Morgan fingerprint density at radius 3 is 2.17 bits per heavy atom. The summed E-state index contributed by atoms with van der Waals surface area (Å²) in [6.07, 6.45) is 1.77. The standard InChI is InChI=1S/C23H26N4O2.HI/c1-24-23(26-15-18-7-5-10-21(13-18)28-2)27-16-19-8-6-11-22(14-19)29-17-20-9-3-4-12-25-20;/h3-14H,15-17H2,1-2H3,(H2,24,26,27);1H. The van der Waals surface area contributed by atoms with Crippen LogP contribution in [0.2, 0.25) is 0 Å². The zero-order valence-electron chi connectivity index (χ0n) is 17.2. The molecule has 1 aromatic heterocycles. The van der Waals surface area contributed by atoms with E-state index in [1.54, 1.807) is 20.4 Å². The van der Waals surface area contributed by atoms with E-state index in [9.17, 15) is 0 Å². The molecule has 158 valence electrons. The van der Waals surface area contributed by atoms with Gasteiger partial charge in [-0.05, 0) is 47.5 Å². The Kier molecular flexibility index (Phi) is 9.93. The van der Waals surface area contributed by atoms with E-state index in [2.05, 4.69) is 26.7 Å². The number of nitrogens with zero attached hydrogens (tertiary/aromatic N) is 2. The first-order valence-electron chi connectivity index (χ1n) is 9.46. The maximum Gasteiger partial charge on any atom is 0.191 e. The number of hydrogen-bond acceptors (Lipinski definition) is 4. The lowest BCUT2D eigenvalue weighted by atomic mass is 10.2. The molecule has 3 rings (SSSR count). The molecule has 0 spiro atoms. The molecule has 0 aliphatic rings. The van der Waals surface area contributed by atoms with Gasteiger partial charge in [0.05, 0.1) is 12.8 Å². The van der Waals surface area contributed by atoms with Crippen LogP contribution in [0.15, 0.2) is 77.9 Å². The van der Waals surface area contributed by atoms with Gasteiger partial charge in [0.25, 0.3) is 0 Å². The van der Waals surface area contributed by atoms with Crippen LogP contribution in [-0.4, -0.2) is 25.1 Å². The third kappa shape index (κ3) is 7.55. The molecule has 0 saturated heterocycles. The van der Waals surface area contributed by atoms with Gasteiger partial charge in [-0.2, -0.15) is 0 Å². The molecule has 7 heteroatoms. The largest absolute Gasteiger partial charge is 0.497 e. The fourth-order valence-electron chi connectivity index (χ4n) is 2.76. The summed E-state index contributed by atoms with van der Waals surface area (Å²) in [5, 5.41) is 6.64. The molecule has 0 bridgehead atoms. The lowest BCUT2D eigenvalue weighted by molar-refractivity contribution is 0.301. The first-order valence-corrected chi connectivity index (χ1v) is 9.46. The second kappa shape index (κ2) is 12.7. The van der Waals surface area contributed by atoms with Crippen molar-refractivity contribution in [1.29, 1.82) is 0 Å². The molecule has 0 amide bonds. The number of methoxy groups -OCH3 is 1. The summed E-state index contributed by atoms with van der Waals surface area (Å²) in [7, 11) is 3.43. The second-order valence-electron chi connectivity index (χ2n) is 6.39. The smallest absolute Gasteiger partial charge is 0.191 e. The number of aromatic nitrogens is 1. The van der Waals surface area contributed by atoms with Crippen LogP contribution in [0.3, 0.4) is 0 Å². The molecular weight excluding hydrogens is 491 g/mol. The number of aliphatic imine (C=N–C) groups is 1. The molecule has 0 radical (unpaired) electrons. The number of ether oxygens (including phenoxy) is 2. The van der Waals surface area contributed by atoms with Gasteiger partial charge in [0.1, 0.15) is 18.1 Å². The van der Waals surface area contributed by atoms with Crippen molar-refractivity contribution in [3.8, 4) is 11.5 Å². The van der Waals surface area contributed by atoms with Gasteiger partial charge >= 0.3 is 0 Å². The number of pyridine rings is 1. The number of rotatable bonds is 8. The number of hydrogen-bond donors (Lipinski definition) is 2. The van der Waals surface area contributed by atoms with Crippen LogP contribution in [0, 0.1) is 0 Å². The number of halogens is 1. The van der Waals surface area contributed by atoms with E-state index in [0.29, 0.717) is 19.7 Å². The highest BCUT2D eigenvalue weighted by Crippen LogP contribution is 2.15. The van der Waals surface area contributed by atoms with Gasteiger partial charge in [-0.25, -0.2) is 0 Å². The Bertz CT molecular complexity index is 935. The van der Waals surface area contributed by atoms with Gasteiger partial charge in [-0.3, -0.25) is 9.98 Å². The molecule has 2 N–H and O–H groups in total. The minimum atomic E-state index is 0. The van der Waals surface area contributed by atoms with Crippen LogP contribution in [0.1, 0.15) is 16.8 Å². The Hall–Kier alpha value is -2.81. The third-order valence-electron chi connectivity index (χ3n) is 4.29. The predicted octanol–water partition coefficient (Wildman–Crippen LogP) is 4.15. The van der Waals surface area contributed by atoms with Crippen LogP contribution < -0.4 is 20.1 Å². The van der Waals surface area contributed by atoms with Gasteiger partial charge in [0.15, 0.2) is 5.96 Å². The molecule has 0 aliphatic heterocycles. The average Bonchev–Trinajstić information content (AvgIpc) is 2.79. The highest BCUT2D eigenvalue weighted by atomic mass is 127. The number of benzene rings is 2. The SMILES string of the molecule is CN=C(NCc1cccc(OC)c1)NCc1cccc(OCc2ccccn2)c1.I. The van der Waals surface area contributed by atoms with Crippen molar-refractivity contribution in [1.82, 2.24) is 15.6 Å². The Labute approximate surface area is 194 Å². The molecule has 0 saturated carbocycles. The van der Waals surface area contributed by atoms with E-state index in [1.807, 2.05) is 60.7 Å². The third-order valence-corrected chi connectivity index (χ3v) is 4.29. The van der Waals surface area contributed by atoms with E-state index < -0.39 is 0 Å². The topological polar surface area (TPSA) is 67.8 Å². The highest BCUT2D eigenvalue weighted by Gasteiger charge is 2.02. The normalized spacial score (nSPS) is 10.7. The molecule has 2 aromatic carbocycles. The van der Waals surface area contributed by atoms with E-state index in [1.165, 1.54) is 0 Å². The zero-order chi connectivity index (χ0) is 20.3. The van der Waals surface area contributed by atoms with Crippen molar-refractivity contribution in [3.63, 3.8) is 0 Å². The Morgan fingerprint density at radius 1 is 0.900 bits per heavy atom. The lowest BCUT2D eigenvalue weighted by Crippen LogP contribution is -2.36. The summed E-state index contributed by atoms with van der Waals surface area (Å²) in [6, 6.07) is 21.8. The molecule has 6 nitrogen and oxygen atoms in total. The Balaban J connectivity index is 0.00000320. The molecule has 1 heterocycles. The van der Waals surface area contributed by atoms with E-state index in [-0.39, 0.29) is 24.0 Å². The van der Waals surface area contributed by atoms with Crippen LogP contribution in [0.5, 0.6) is 11.5 Å². The Morgan fingerprint density at radius 2 is 1.57 bits per heavy atom. The molecule has 3 aromatic rings. The minimum absolute atomic E-state index is 0. The summed E-state index contributed by atoms with van der Waals surface area (Å²) < 4.78 is 11.1. The van der Waals surface area contributed by atoms with E-state index in [4.69, 9.17) is 9.47 Å². The van der Waals surface area contributed by atoms with Crippen molar-refractivity contribution in [2.45, 2.75) is 19.7 Å². The van der Waals surface area contributed by atoms with Crippen LogP contribution in [0.4, 0.5) is 0 Å². The van der Waals surface area contributed by atoms with Gasteiger partial charge < -0.3 is 20.1 Å². The van der Waals surface area contributed by atoms with Crippen molar-refractivity contribution in [3.05, 3.63) is 89.7 Å². The number of guanidine groups is 1. The molecule has 0 aliphatic carbocycles. The zero-order valence-corrected chi connectivity index (χ0v) is 19.5. The van der Waals surface area contributed by atoms with Gasteiger partial charge in [-0.1, -0.05) is 30.3 Å². The summed E-state index contributed by atoms with van der Waals surface area (Å²) in [5.41, 5.74) is 3.13. The first kappa shape index (κ1) is 23.5. The summed E-state index contributed by atoms with van der Waals surface area (Å²) in [6.45, 7) is 1.74. The summed E-state index contributed by atoms with van der Waals surface area (Å²) >= 11 is 0. The highest BCUT2D eigenvalue weighted by molar-refractivity contribution is 14.0. The quantitative estimate of drug-likeness (QED) is 0.267. The van der Waals surface area contributed by atoms with Gasteiger partial charge in [-0.15, -0.1) is 24.0 Å². The maximum absolute atomic E-state index is 5.85. The first-order chi connectivity index (χ1) is 14.3. The fourth-order valence-corrected chi connectivity index (χ4v) is 2.76. The summed E-state index contributed by atoms with van der Waals surface area (Å²) in [5.74, 6) is 2.39. The fraction of sp³-hybridized carbons (Fsp3) is 0.217. The maximum atomic E-state index is 5.85. The average molecular weight is 518 g/mol. The van der Waals surface area contributed by atoms with Crippen molar-refractivity contribution in [2.24, 2.45) is 4.99 Å². The molecule has 30 heavy (non-hydrogen) atoms. The minimum Gasteiger partial charge on any atom is -0.497 e.